The lowest BCUT2D eigenvalue weighted by Crippen LogP contribution is -2.48. The fourth-order valence-electron chi connectivity index (χ4n) is 2.93. The normalized spacial score (nSPS) is 26.4. The fourth-order valence-corrected chi connectivity index (χ4v) is 2.93. The first-order valence-electron chi connectivity index (χ1n) is 7.04. The Labute approximate surface area is 119 Å². The van der Waals surface area contributed by atoms with E-state index < -0.39 is 5.97 Å². The van der Waals surface area contributed by atoms with Gasteiger partial charge in [0.25, 0.3) is 5.91 Å². The van der Waals surface area contributed by atoms with E-state index in [-0.39, 0.29) is 17.5 Å². The zero-order valence-electron chi connectivity index (χ0n) is 12.2. The van der Waals surface area contributed by atoms with Gasteiger partial charge in [-0.05, 0) is 43.4 Å². The van der Waals surface area contributed by atoms with Gasteiger partial charge < -0.3 is 10.0 Å². The summed E-state index contributed by atoms with van der Waals surface area (Å²) in [7, 11) is 0. The van der Waals surface area contributed by atoms with Crippen molar-refractivity contribution in [3.8, 4) is 0 Å². The van der Waals surface area contributed by atoms with Gasteiger partial charge in [0, 0.05) is 18.2 Å². The van der Waals surface area contributed by atoms with Gasteiger partial charge in [0.1, 0.15) is 0 Å². The number of piperidine rings is 1. The number of likely N-dealkylation sites (tertiary alicyclic amines) is 1. The summed E-state index contributed by atoms with van der Waals surface area (Å²) in [6, 6.07) is 6.46. The number of hydrogen-bond donors (Lipinski definition) is 1. The molecule has 4 nitrogen and oxygen atoms in total. The second-order valence-electron chi connectivity index (χ2n) is 5.90. The summed E-state index contributed by atoms with van der Waals surface area (Å²) in [4.78, 5) is 25.5. The van der Waals surface area contributed by atoms with Gasteiger partial charge >= 0.3 is 5.97 Å². The molecule has 20 heavy (non-hydrogen) atoms. The third-order valence-electron chi connectivity index (χ3n) is 4.21. The Balaban J connectivity index is 2.26. The number of amides is 1. The minimum absolute atomic E-state index is 0.0704. The molecule has 0 aromatic heterocycles. The highest BCUT2D eigenvalue weighted by Gasteiger charge is 2.32. The molecule has 0 bridgehead atoms. The Morgan fingerprint density at radius 3 is 2.50 bits per heavy atom. The predicted molar refractivity (Wildman–Crippen MR) is 76.8 cm³/mol. The quantitative estimate of drug-likeness (QED) is 0.903. The maximum atomic E-state index is 12.6. The first kappa shape index (κ1) is 14.6. The molecule has 1 aromatic rings. The van der Waals surface area contributed by atoms with E-state index in [9.17, 15) is 9.59 Å². The Morgan fingerprint density at radius 1 is 1.20 bits per heavy atom. The maximum Gasteiger partial charge on any atom is 0.335 e. The molecular formula is C16H21NO3. The van der Waals surface area contributed by atoms with E-state index in [1.165, 1.54) is 12.1 Å². The minimum Gasteiger partial charge on any atom is -0.478 e. The number of benzene rings is 1. The van der Waals surface area contributed by atoms with Gasteiger partial charge in [-0.25, -0.2) is 4.79 Å². The predicted octanol–water partition coefficient (Wildman–Crippen LogP) is 2.89. The first-order valence-corrected chi connectivity index (χ1v) is 7.04. The number of carboxylic acids is 1. The maximum absolute atomic E-state index is 12.6. The van der Waals surface area contributed by atoms with Crippen LogP contribution in [0, 0.1) is 11.8 Å². The van der Waals surface area contributed by atoms with Crippen LogP contribution in [0.15, 0.2) is 24.3 Å². The van der Waals surface area contributed by atoms with Crippen LogP contribution in [-0.2, 0) is 0 Å². The summed E-state index contributed by atoms with van der Waals surface area (Å²) < 4.78 is 0. The van der Waals surface area contributed by atoms with E-state index in [2.05, 4.69) is 20.8 Å². The topological polar surface area (TPSA) is 57.6 Å². The average Bonchev–Trinajstić information content (AvgIpc) is 2.42. The van der Waals surface area contributed by atoms with Gasteiger partial charge in [-0.2, -0.15) is 0 Å². The molecule has 3 atom stereocenters. The van der Waals surface area contributed by atoms with Gasteiger partial charge in [0.2, 0.25) is 0 Å². The molecule has 1 aromatic carbocycles. The number of carbonyl (C=O) groups is 2. The van der Waals surface area contributed by atoms with Crippen LogP contribution < -0.4 is 0 Å². The highest BCUT2D eigenvalue weighted by atomic mass is 16.4. The molecule has 1 aliphatic rings. The lowest BCUT2D eigenvalue weighted by atomic mass is 9.85. The summed E-state index contributed by atoms with van der Waals surface area (Å²) in [6.07, 6.45) is 1.13. The van der Waals surface area contributed by atoms with E-state index >= 15 is 0 Å². The average molecular weight is 275 g/mol. The van der Waals surface area contributed by atoms with Crippen molar-refractivity contribution < 1.29 is 14.7 Å². The van der Waals surface area contributed by atoms with Crippen molar-refractivity contribution in [1.82, 2.24) is 4.90 Å². The van der Waals surface area contributed by atoms with Gasteiger partial charge in [-0.3, -0.25) is 4.79 Å². The molecule has 1 fully saturated rings. The standard InChI is InChI=1S/C16H21NO3/c1-10-7-11(2)12(3)17(9-10)15(18)13-5-4-6-14(8-13)16(19)20/h4-6,8,10-12H,7,9H2,1-3H3,(H,19,20). The van der Waals surface area contributed by atoms with E-state index in [0.717, 1.165) is 13.0 Å². The number of nitrogens with zero attached hydrogens (tertiary/aromatic N) is 1. The SMILES string of the molecule is CC1CC(C)C(C)N(C(=O)c2cccc(C(=O)O)c2)C1. The van der Waals surface area contributed by atoms with Crippen molar-refractivity contribution in [3.63, 3.8) is 0 Å². The second kappa shape index (κ2) is 5.65. The molecule has 108 valence electrons. The van der Waals surface area contributed by atoms with Gasteiger partial charge in [0.05, 0.1) is 5.56 Å². The Bertz CT molecular complexity index is 526. The Kier molecular flexibility index (Phi) is 4.12. The smallest absolute Gasteiger partial charge is 0.335 e. The summed E-state index contributed by atoms with van der Waals surface area (Å²) >= 11 is 0. The van der Waals surface area contributed by atoms with Crippen LogP contribution in [0.5, 0.6) is 0 Å². The molecule has 1 N–H and O–H groups in total. The van der Waals surface area contributed by atoms with Crippen LogP contribution in [0.2, 0.25) is 0 Å². The molecule has 0 aliphatic carbocycles. The molecule has 1 heterocycles. The molecular weight excluding hydrogens is 254 g/mol. The summed E-state index contributed by atoms with van der Waals surface area (Å²) in [5.41, 5.74) is 0.611. The molecule has 4 heteroatoms. The van der Waals surface area contributed by atoms with Crippen LogP contribution in [0.25, 0.3) is 0 Å². The number of carboxylic acid groups (broad SMARTS) is 1. The highest BCUT2D eigenvalue weighted by molar-refractivity contribution is 5.97. The van der Waals surface area contributed by atoms with Crippen LogP contribution in [0.3, 0.4) is 0 Å². The molecule has 3 unspecified atom stereocenters. The number of hydrogen-bond acceptors (Lipinski definition) is 2. The Hall–Kier alpha value is -1.84. The zero-order chi connectivity index (χ0) is 14.9. The van der Waals surface area contributed by atoms with Gasteiger partial charge in [-0.1, -0.05) is 19.9 Å². The first-order chi connectivity index (χ1) is 9.40. The van der Waals surface area contributed by atoms with Crippen LogP contribution in [-0.4, -0.2) is 34.5 Å². The molecule has 1 amide bonds. The monoisotopic (exact) mass is 275 g/mol. The Morgan fingerprint density at radius 2 is 1.85 bits per heavy atom. The van der Waals surface area contributed by atoms with E-state index in [1.807, 2.05) is 4.90 Å². The summed E-state index contributed by atoms with van der Waals surface area (Å²) in [5.74, 6) is -0.134. The van der Waals surface area contributed by atoms with Crippen molar-refractivity contribution in [1.29, 1.82) is 0 Å². The molecule has 0 spiro atoms. The van der Waals surface area contributed by atoms with E-state index in [1.54, 1.807) is 12.1 Å². The van der Waals surface area contributed by atoms with Crippen molar-refractivity contribution in [2.75, 3.05) is 6.54 Å². The van der Waals surface area contributed by atoms with E-state index in [0.29, 0.717) is 17.4 Å². The van der Waals surface area contributed by atoms with Crippen LogP contribution in [0.1, 0.15) is 47.9 Å². The lowest BCUT2D eigenvalue weighted by molar-refractivity contribution is 0.0455. The van der Waals surface area contributed by atoms with Gasteiger partial charge in [0.15, 0.2) is 0 Å². The molecule has 0 radical (unpaired) electrons. The lowest BCUT2D eigenvalue weighted by Gasteiger charge is -2.41. The van der Waals surface area contributed by atoms with Gasteiger partial charge in [-0.15, -0.1) is 0 Å². The minimum atomic E-state index is -1.01. The third kappa shape index (κ3) is 2.84. The number of carbonyl (C=O) groups excluding carboxylic acids is 1. The summed E-state index contributed by atoms with van der Waals surface area (Å²) in [5, 5.41) is 9.01. The van der Waals surface area contributed by atoms with E-state index in [4.69, 9.17) is 5.11 Å². The largest absolute Gasteiger partial charge is 0.478 e. The molecule has 1 saturated heterocycles. The van der Waals surface area contributed by atoms with Crippen molar-refractivity contribution >= 4 is 11.9 Å². The molecule has 0 saturated carbocycles. The number of aromatic carboxylic acids is 1. The van der Waals surface area contributed by atoms with Crippen molar-refractivity contribution in [2.45, 2.75) is 33.2 Å². The molecule has 2 rings (SSSR count). The molecule has 1 aliphatic heterocycles. The van der Waals surface area contributed by atoms with Crippen LogP contribution >= 0.6 is 0 Å². The van der Waals surface area contributed by atoms with Crippen molar-refractivity contribution in [3.05, 3.63) is 35.4 Å². The van der Waals surface area contributed by atoms with Crippen LogP contribution in [0.4, 0.5) is 0 Å². The number of rotatable bonds is 2. The zero-order valence-corrected chi connectivity index (χ0v) is 12.2. The summed E-state index contributed by atoms with van der Waals surface area (Å²) in [6.45, 7) is 7.11. The second-order valence-corrected chi connectivity index (χ2v) is 5.90. The highest BCUT2D eigenvalue weighted by Crippen LogP contribution is 2.28. The van der Waals surface area contributed by atoms with Crippen molar-refractivity contribution in [2.24, 2.45) is 11.8 Å². The third-order valence-corrected chi connectivity index (χ3v) is 4.21. The fraction of sp³-hybridized carbons (Fsp3) is 0.500.